The fourth-order valence-electron chi connectivity index (χ4n) is 3.46. The van der Waals surface area contributed by atoms with E-state index in [9.17, 15) is 0 Å². The number of aromatic nitrogens is 2. The third-order valence-corrected chi connectivity index (χ3v) is 4.70. The Labute approximate surface area is 119 Å². The molecule has 0 bridgehead atoms. The van der Waals surface area contributed by atoms with Gasteiger partial charge in [-0.15, -0.1) is 0 Å². The van der Waals surface area contributed by atoms with Crippen molar-refractivity contribution in [3.63, 3.8) is 0 Å². The largest absolute Gasteiger partial charge is 0.374 e. The zero-order valence-electron chi connectivity index (χ0n) is 12.0. The lowest BCUT2D eigenvalue weighted by molar-refractivity contribution is 0.0253. The van der Waals surface area contributed by atoms with Crippen molar-refractivity contribution in [2.75, 3.05) is 30.4 Å². The Morgan fingerprint density at radius 2 is 2.15 bits per heavy atom. The monoisotopic (exact) mass is 274 g/mol. The molecule has 1 N–H and O–H groups in total. The van der Waals surface area contributed by atoms with Crippen LogP contribution in [0.15, 0.2) is 6.07 Å². The Morgan fingerprint density at radius 3 is 2.95 bits per heavy atom. The lowest BCUT2D eigenvalue weighted by Crippen LogP contribution is -2.49. The normalized spacial score (nSPS) is 29.4. The first-order valence-electron chi connectivity index (χ1n) is 7.80. The minimum atomic E-state index is 0.404. The fraction of sp³-hybridized carbons (Fsp3) is 0.733. The summed E-state index contributed by atoms with van der Waals surface area (Å²) in [5.74, 6) is 3.64. The molecule has 1 aromatic heterocycles. The summed E-state index contributed by atoms with van der Waals surface area (Å²) in [6.45, 7) is 1.77. The molecule has 20 heavy (non-hydrogen) atoms. The maximum absolute atomic E-state index is 5.90. The molecule has 5 nitrogen and oxygen atoms in total. The van der Waals surface area contributed by atoms with Gasteiger partial charge in [-0.3, -0.25) is 0 Å². The first-order valence-corrected chi connectivity index (χ1v) is 7.80. The molecule has 1 saturated heterocycles. The highest BCUT2D eigenvalue weighted by atomic mass is 16.5. The van der Waals surface area contributed by atoms with E-state index in [-0.39, 0.29) is 0 Å². The van der Waals surface area contributed by atoms with E-state index in [0.29, 0.717) is 18.1 Å². The number of nitrogens with one attached hydrogen (secondary N) is 1. The molecule has 0 amide bonds. The van der Waals surface area contributed by atoms with Crippen LogP contribution in [-0.4, -0.2) is 42.3 Å². The predicted molar refractivity (Wildman–Crippen MR) is 78.3 cm³/mol. The van der Waals surface area contributed by atoms with Crippen LogP contribution in [0.3, 0.4) is 0 Å². The Balaban J connectivity index is 1.67. The van der Waals surface area contributed by atoms with Crippen molar-refractivity contribution in [1.82, 2.24) is 9.97 Å². The van der Waals surface area contributed by atoms with Crippen LogP contribution in [0.25, 0.3) is 0 Å². The van der Waals surface area contributed by atoms with Crippen molar-refractivity contribution < 1.29 is 4.74 Å². The van der Waals surface area contributed by atoms with Gasteiger partial charge in [0.05, 0.1) is 18.8 Å². The van der Waals surface area contributed by atoms with Crippen LogP contribution >= 0.6 is 0 Å². The molecule has 108 valence electrons. The molecule has 0 spiro atoms. The first kappa shape index (κ1) is 12.4. The predicted octanol–water partition coefficient (Wildman–Crippen LogP) is 2.15. The van der Waals surface area contributed by atoms with Crippen LogP contribution in [0.4, 0.5) is 11.6 Å². The highest BCUT2D eigenvalue weighted by molar-refractivity contribution is 5.51. The van der Waals surface area contributed by atoms with E-state index in [1.165, 1.54) is 32.1 Å². The number of nitrogens with zero attached hydrogens (tertiary/aromatic N) is 3. The van der Waals surface area contributed by atoms with E-state index >= 15 is 0 Å². The van der Waals surface area contributed by atoms with Crippen LogP contribution in [0.2, 0.25) is 0 Å². The average molecular weight is 274 g/mol. The lowest BCUT2D eigenvalue weighted by Gasteiger charge is -2.38. The van der Waals surface area contributed by atoms with Crippen LogP contribution in [0, 0.1) is 0 Å². The minimum absolute atomic E-state index is 0.404. The van der Waals surface area contributed by atoms with E-state index in [0.717, 1.165) is 30.6 Å². The molecule has 5 heteroatoms. The van der Waals surface area contributed by atoms with Crippen molar-refractivity contribution in [3.8, 4) is 0 Å². The number of anilines is 2. The summed E-state index contributed by atoms with van der Waals surface area (Å²) in [5.41, 5.74) is 0. The molecular formula is C15H22N4O. The SMILES string of the molecule is CNc1cc(N2CCOC3CCCC32)nc(C2CC2)n1. The maximum atomic E-state index is 5.90. The summed E-state index contributed by atoms with van der Waals surface area (Å²) in [4.78, 5) is 11.9. The molecular weight excluding hydrogens is 252 g/mol. The molecule has 4 rings (SSSR count). The lowest BCUT2D eigenvalue weighted by atomic mass is 10.1. The van der Waals surface area contributed by atoms with Crippen molar-refractivity contribution in [2.24, 2.45) is 0 Å². The number of fused-ring (bicyclic) bond motifs is 1. The minimum Gasteiger partial charge on any atom is -0.374 e. The highest BCUT2D eigenvalue weighted by Crippen LogP contribution is 2.40. The zero-order valence-corrected chi connectivity index (χ0v) is 12.0. The molecule has 3 fully saturated rings. The Hall–Kier alpha value is -1.36. The molecule has 1 aliphatic heterocycles. The Kier molecular flexibility index (Phi) is 3.02. The van der Waals surface area contributed by atoms with Gasteiger partial charge in [-0.25, -0.2) is 9.97 Å². The van der Waals surface area contributed by atoms with Gasteiger partial charge in [-0.1, -0.05) is 0 Å². The zero-order chi connectivity index (χ0) is 13.5. The molecule has 2 saturated carbocycles. The second-order valence-electron chi connectivity index (χ2n) is 6.09. The van der Waals surface area contributed by atoms with Gasteiger partial charge in [-0.2, -0.15) is 0 Å². The van der Waals surface area contributed by atoms with Gasteiger partial charge in [0.25, 0.3) is 0 Å². The summed E-state index contributed by atoms with van der Waals surface area (Å²) < 4.78 is 5.90. The molecule has 0 aromatic carbocycles. The van der Waals surface area contributed by atoms with Crippen molar-refractivity contribution in [2.45, 2.75) is 50.2 Å². The van der Waals surface area contributed by atoms with Crippen molar-refractivity contribution in [1.29, 1.82) is 0 Å². The van der Waals surface area contributed by atoms with E-state index in [4.69, 9.17) is 9.72 Å². The second-order valence-corrected chi connectivity index (χ2v) is 6.09. The summed E-state index contributed by atoms with van der Waals surface area (Å²) in [6, 6.07) is 2.60. The van der Waals surface area contributed by atoms with E-state index in [1.54, 1.807) is 0 Å². The van der Waals surface area contributed by atoms with Gasteiger partial charge in [0.2, 0.25) is 0 Å². The van der Waals surface area contributed by atoms with Crippen LogP contribution in [0.5, 0.6) is 0 Å². The number of rotatable bonds is 3. The Morgan fingerprint density at radius 1 is 1.25 bits per heavy atom. The molecule has 2 heterocycles. The maximum Gasteiger partial charge on any atom is 0.136 e. The number of hydrogen-bond donors (Lipinski definition) is 1. The third kappa shape index (κ3) is 2.14. The summed E-state index contributed by atoms with van der Waals surface area (Å²) in [6.07, 6.45) is 6.57. The van der Waals surface area contributed by atoms with Crippen LogP contribution < -0.4 is 10.2 Å². The molecule has 2 atom stereocenters. The van der Waals surface area contributed by atoms with E-state index in [1.807, 2.05) is 7.05 Å². The summed E-state index contributed by atoms with van der Waals surface area (Å²) in [5, 5.41) is 3.18. The van der Waals surface area contributed by atoms with Gasteiger partial charge < -0.3 is 15.0 Å². The molecule has 2 aliphatic carbocycles. The quantitative estimate of drug-likeness (QED) is 0.915. The van der Waals surface area contributed by atoms with Gasteiger partial charge in [0.15, 0.2) is 0 Å². The number of hydrogen-bond acceptors (Lipinski definition) is 5. The molecule has 3 aliphatic rings. The van der Waals surface area contributed by atoms with E-state index in [2.05, 4.69) is 21.3 Å². The average Bonchev–Trinajstić information content (AvgIpc) is 3.23. The summed E-state index contributed by atoms with van der Waals surface area (Å²) in [7, 11) is 1.93. The van der Waals surface area contributed by atoms with Crippen molar-refractivity contribution >= 4 is 11.6 Å². The standard InChI is InChI=1S/C15H22N4O/c1-16-13-9-14(18-15(17-13)10-5-6-10)19-7-8-20-12-4-2-3-11(12)19/h9-12H,2-8H2,1H3,(H,16,17,18). The van der Waals surface area contributed by atoms with Crippen LogP contribution in [0.1, 0.15) is 43.8 Å². The molecule has 0 radical (unpaired) electrons. The fourth-order valence-corrected chi connectivity index (χ4v) is 3.46. The second kappa shape index (κ2) is 4.88. The van der Waals surface area contributed by atoms with Gasteiger partial charge in [0, 0.05) is 25.6 Å². The Bertz CT molecular complexity index is 503. The molecule has 1 aromatic rings. The topological polar surface area (TPSA) is 50.3 Å². The van der Waals surface area contributed by atoms with Gasteiger partial charge in [-0.05, 0) is 32.1 Å². The third-order valence-electron chi connectivity index (χ3n) is 4.70. The highest BCUT2D eigenvalue weighted by Gasteiger charge is 2.37. The smallest absolute Gasteiger partial charge is 0.136 e. The van der Waals surface area contributed by atoms with Crippen LogP contribution in [-0.2, 0) is 4.74 Å². The number of morpholine rings is 1. The van der Waals surface area contributed by atoms with Gasteiger partial charge >= 0.3 is 0 Å². The number of ether oxygens (including phenoxy) is 1. The van der Waals surface area contributed by atoms with Gasteiger partial charge in [0.1, 0.15) is 17.5 Å². The van der Waals surface area contributed by atoms with Crippen molar-refractivity contribution in [3.05, 3.63) is 11.9 Å². The molecule has 2 unspecified atom stereocenters. The first-order chi connectivity index (χ1) is 9.85. The van der Waals surface area contributed by atoms with E-state index < -0.39 is 0 Å². The summed E-state index contributed by atoms with van der Waals surface area (Å²) >= 11 is 0.